The largest absolute Gasteiger partial charge is 0.356 e. The third kappa shape index (κ3) is 29.3. The second-order valence-electron chi connectivity index (χ2n) is 10.8. The molecule has 5 heteroatoms. The van der Waals surface area contributed by atoms with E-state index >= 15 is 0 Å². The molecular formula is C30H64N2O3. The molecule has 0 radical (unpaired) electrons. The predicted molar refractivity (Wildman–Crippen MR) is 154 cm³/mol. The smallest absolute Gasteiger partial charge is 0.0786 e. The quantitative estimate of drug-likeness (QED) is 0.0513. The van der Waals surface area contributed by atoms with Crippen LogP contribution in [0.15, 0.2) is 0 Å². The average molecular weight is 501 g/mol. The molecule has 0 aromatic rings. The molecule has 0 aromatic carbocycles. The van der Waals surface area contributed by atoms with Crippen molar-refractivity contribution in [3.05, 3.63) is 15.3 Å². The Morgan fingerprint density at radius 1 is 0.400 bits per heavy atom. The Labute approximate surface area is 220 Å². The summed E-state index contributed by atoms with van der Waals surface area (Å²) in [7, 11) is 0. The van der Waals surface area contributed by atoms with Crippen LogP contribution in [-0.2, 0) is 0 Å². The molecule has 0 aliphatic heterocycles. The second-order valence-corrected chi connectivity index (χ2v) is 10.8. The molecule has 35 heavy (non-hydrogen) atoms. The summed E-state index contributed by atoms with van der Waals surface area (Å²) in [4.78, 5) is 8.25. The number of rotatable bonds is 26. The van der Waals surface area contributed by atoms with Gasteiger partial charge < -0.3 is 19.8 Å². The van der Waals surface area contributed by atoms with E-state index in [0.29, 0.717) is 0 Å². The van der Waals surface area contributed by atoms with E-state index in [1.54, 1.807) is 0 Å². The van der Waals surface area contributed by atoms with Gasteiger partial charge in [-0.15, -0.1) is 0 Å². The minimum Gasteiger partial charge on any atom is -0.356 e. The Kier molecular flexibility index (Phi) is 30.5. The average Bonchev–Trinajstić information content (AvgIpc) is 2.84. The van der Waals surface area contributed by atoms with Crippen molar-refractivity contribution < 1.29 is 9.57 Å². The maximum atomic E-state index is 8.25. The summed E-state index contributed by atoms with van der Waals surface area (Å²) in [5.41, 5.74) is 0. The normalized spacial score (nSPS) is 11.3. The minimum atomic E-state index is -1.75. The van der Waals surface area contributed by atoms with Crippen molar-refractivity contribution in [1.29, 1.82) is 0 Å². The molecular weight excluding hydrogens is 436 g/mol. The van der Waals surface area contributed by atoms with Gasteiger partial charge in [0.25, 0.3) is 0 Å². The van der Waals surface area contributed by atoms with Gasteiger partial charge in [0.05, 0.1) is 31.3 Å². The maximum Gasteiger partial charge on any atom is 0.0786 e. The zero-order valence-electron chi connectivity index (χ0n) is 24.5. The highest BCUT2D eigenvalue weighted by atomic mass is 16.9. The maximum absolute atomic E-state index is 8.25. The fraction of sp³-hybridized carbons (Fsp3) is 1.00. The van der Waals surface area contributed by atoms with E-state index in [0.717, 1.165) is 0 Å². The van der Waals surface area contributed by atoms with E-state index in [4.69, 9.17) is 15.3 Å². The first-order chi connectivity index (χ1) is 17.0. The van der Waals surface area contributed by atoms with Gasteiger partial charge in [-0.05, 0) is 32.1 Å². The Morgan fingerprint density at radius 3 is 0.857 bits per heavy atom. The van der Waals surface area contributed by atoms with Crippen LogP contribution in [0, 0.1) is 15.3 Å². The first-order valence-corrected chi connectivity index (χ1v) is 15.6. The van der Waals surface area contributed by atoms with Gasteiger partial charge in [-0.1, -0.05) is 137 Å². The number of nitrogens with zero attached hydrogens (tertiary/aromatic N) is 2. The summed E-state index contributed by atoms with van der Waals surface area (Å²) in [6.07, 6.45) is 31.9. The molecule has 0 fully saturated rings. The number of unbranched alkanes of at least 4 members (excludes halogenated alkanes) is 18. The van der Waals surface area contributed by atoms with Gasteiger partial charge in [0.1, 0.15) is 0 Å². The molecule has 0 saturated heterocycles. The molecule has 0 N–H and O–H groups in total. The van der Waals surface area contributed by atoms with Crippen molar-refractivity contribution in [2.75, 3.05) is 26.2 Å². The van der Waals surface area contributed by atoms with Crippen LogP contribution < -0.4 is 0 Å². The zero-order valence-corrected chi connectivity index (χ0v) is 24.5. The summed E-state index contributed by atoms with van der Waals surface area (Å²) in [5.74, 6) is 0. The Bertz CT molecular complexity index is 393. The van der Waals surface area contributed by atoms with Crippen molar-refractivity contribution in [3.63, 3.8) is 0 Å². The SMILES string of the molecule is CCCCCCCCCCCCCCCCCC[N+](CCCC)(CCCC)CCCC.O=[N+]([O-])[O-]. The molecule has 0 heterocycles. The zero-order chi connectivity index (χ0) is 26.5. The van der Waals surface area contributed by atoms with Crippen molar-refractivity contribution in [1.82, 2.24) is 0 Å². The molecule has 0 saturated carbocycles. The van der Waals surface area contributed by atoms with Crippen LogP contribution in [0.2, 0.25) is 0 Å². The molecule has 0 amide bonds. The van der Waals surface area contributed by atoms with Crippen LogP contribution in [0.5, 0.6) is 0 Å². The summed E-state index contributed by atoms with van der Waals surface area (Å²) in [5, 5.41) is 14.8. The van der Waals surface area contributed by atoms with Crippen LogP contribution in [0.25, 0.3) is 0 Å². The fourth-order valence-corrected chi connectivity index (χ4v) is 5.15. The van der Waals surface area contributed by atoms with Crippen LogP contribution in [0.1, 0.15) is 169 Å². The lowest BCUT2D eigenvalue weighted by atomic mass is 10.0. The fourth-order valence-electron chi connectivity index (χ4n) is 5.15. The van der Waals surface area contributed by atoms with Crippen LogP contribution in [0.4, 0.5) is 0 Å². The Balaban J connectivity index is 0. The van der Waals surface area contributed by atoms with Gasteiger partial charge in [-0.25, -0.2) is 0 Å². The van der Waals surface area contributed by atoms with E-state index < -0.39 is 5.09 Å². The van der Waals surface area contributed by atoms with Crippen LogP contribution in [0.3, 0.4) is 0 Å². The molecule has 0 aliphatic carbocycles. The van der Waals surface area contributed by atoms with Gasteiger partial charge in [0, 0.05) is 0 Å². The highest BCUT2D eigenvalue weighted by Crippen LogP contribution is 2.18. The lowest BCUT2D eigenvalue weighted by Crippen LogP contribution is -2.50. The van der Waals surface area contributed by atoms with E-state index in [2.05, 4.69) is 27.7 Å². The number of hydrogen-bond acceptors (Lipinski definition) is 3. The lowest BCUT2D eigenvalue weighted by Gasteiger charge is -2.39. The van der Waals surface area contributed by atoms with Gasteiger partial charge >= 0.3 is 0 Å². The first-order valence-electron chi connectivity index (χ1n) is 15.6. The molecule has 0 unspecified atom stereocenters. The van der Waals surface area contributed by atoms with Gasteiger partial charge in [0.2, 0.25) is 0 Å². The first kappa shape index (κ1) is 36.3. The van der Waals surface area contributed by atoms with E-state index in [1.165, 1.54) is 172 Å². The lowest BCUT2D eigenvalue weighted by molar-refractivity contribution is -0.929. The highest BCUT2D eigenvalue weighted by Gasteiger charge is 2.24. The van der Waals surface area contributed by atoms with E-state index in [1.807, 2.05) is 0 Å². The second kappa shape index (κ2) is 29.4. The molecule has 0 rings (SSSR count). The van der Waals surface area contributed by atoms with Crippen LogP contribution >= 0.6 is 0 Å². The molecule has 5 nitrogen and oxygen atoms in total. The third-order valence-electron chi connectivity index (χ3n) is 7.44. The Morgan fingerprint density at radius 2 is 0.600 bits per heavy atom. The predicted octanol–water partition coefficient (Wildman–Crippen LogP) is 10.2. The monoisotopic (exact) mass is 500 g/mol. The summed E-state index contributed by atoms with van der Waals surface area (Å²) in [6, 6.07) is 0. The van der Waals surface area contributed by atoms with Crippen molar-refractivity contribution in [3.8, 4) is 0 Å². The van der Waals surface area contributed by atoms with Crippen molar-refractivity contribution in [2.45, 2.75) is 169 Å². The molecule has 0 bridgehead atoms. The standard InChI is InChI=1S/C30H64N.NO3/c1-5-9-13-14-15-16-17-18-19-20-21-22-23-24-25-26-30-31(27-10-6-2,28-11-7-3)29-12-8-4;2-1(3)4/h5-30H2,1-4H3;/q+1;-1. The van der Waals surface area contributed by atoms with Gasteiger partial charge in [-0.2, -0.15) is 0 Å². The Hall–Kier alpha value is -0.840. The molecule has 0 spiro atoms. The van der Waals surface area contributed by atoms with Crippen molar-refractivity contribution in [2.24, 2.45) is 0 Å². The number of quaternary nitrogens is 1. The van der Waals surface area contributed by atoms with Gasteiger partial charge in [0.15, 0.2) is 0 Å². The van der Waals surface area contributed by atoms with E-state index in [-0.39, 0.29) is 0 Å². The summed E-state index contributed by atoms with van der Waals surface area (Å²) >= 11 is 0. The highest BCUT2D eigenvalue weighted by molar-refractivity contribution is 4.53. The molecule has 0 aliphatic rings. The number of hydrogen-bond donors (Lipinski definition) is 0. The molecule has 0 atom stereocenters. The third-order valence-corrected chi connectivity index (χ3v) is 7.44. The van der Waals surface area contributed by atoms with Gasteiger partial charge in [-0.3, -0.25) is 0 Å². The molecule has 0 aromatic heterocycles. The van der Waals surface area contributed by atoms with E-state index in [9.17, 15) is 0 Å². The molecule has 212 valence electrons. The van der Waals surface area contributed by atoms with Crippen molar-refractivity contribution >= 4 is 0 Å². The topological polar surface area (TPSA) is 66.2 Å². The summed E-state index contributed by atoms with van der Waals surface area (Å²) in [6.45, 7) is 15.2. The van der Waals surface area contributed by atoms with Crippen LogP contribution in [-0.4, -0.2) is 35.7 Å². The minimum absolute atomic E-state index is 1.36. The summed E-state index contributed by atoms with van der Waals surface area (Å²) < 4.78 is 1.44.